The van der Waals surface area contributed by atoms with Gasteiger partial charge in [-0.15, -0.1) is 0 Å². The highest BCUT2D eigenvalue weighted by molar-refractivity contribution is 6.04. The number of fused-ring (bicyclic) bond motifs is 1. The molecule has 2 heterocycles. The molecule has 1 fully saturated rings. The van der Waals surface area contributed by atoms with E-state index in [-0.39, 0.29) is 5.54 Å². The number of amides is 1. The van der Waals surface area contributed by atoms with Gasteiger partial charge in [0.25, 0.3) is 5.91 Å². The smallest absolute Gasteiger partial charge is 0.250 e. The normalized spacial score (nSPS) is 23.2. The molecule has 1 aromatic carbocycles. The summed E-state index contributed by atoms with van der Waals surface area (Å²) in [5, 5.41) is 0. The lowest BCUT2D eigenvalue weighted by atomic mass is 9.97. The third-order valence-corrected chi connectivity index (χ3v) is 4.61. The molecule has 5 nitrogen and oxygen atoms in total. The second-order valence-corrected chi connectivity index (χ2v) is 6.32. The number of carbonyl (C=O) groups excluding carboxylic acids is 1. The number of aromatic amines is 1. The Hall–Kier alpha value is -1.88. The van der Waals surface area contributed by atoms with Gasteiger partial charge in [0.05, 0.1) is 16.6 Å². The Labute approximate surface area is 124 Å². The first-order chi connectivity index (χ1) is 9.93. The lowest BCUT2D eigenvalue weighted by Gasteiger charge is -2.36. The number of nitrogens with one attached hydrogen (secondary N) is 1. The highest BCUT2D eigenvalue weighted by atomic mass is 16.1. The van der Waals surface area contributed by atoms with Crippen molar-refractivity contribution in [2.45, 2.75) is 45.2 Å². The van der Waals surface area contributed by atoms with Gasteiger partial charge >= 0.3 is 0 Å². The predicted octanol–water partition coefficient (Wildman–Crippen LogP) is 2.38. The van der Waals surface area contributed by atoms with E-state index in [0.717, 1.165) is 30.7 Å². The number of imidazole rings is 1. The molecule has 112 valence electrons. The maximum absolute atomic E-state index is 11.6. The molecule has 3 rings (SSSR count). The SMILES string of the molecule is CC(C)N1CCCC1(C)c1nc2c(C(N)=O)cccc2[nH]1. The molecule has 5 heteroatoms. The number of hydrogen-bond acceptors (Lipinski definition) is 3. The van der Waals surface area contributed by atoms with Crippen LogP contribution in [0.3, 0.4) is 0 Å². The summed E-state index contributed by atoms with van der Waals surface area (Å²) in [5.74, 6) is 0.494. The summed E-state index contributed by atoms with van der Waals surface area (Å²) in [6, 6.07) is 5.96. The van der Waals surface area contributed by atoms with Gasteiger partial charge in [0.15, 0.2) is 0 Å². The van der Waals surface area contributed by atoms with E-state index >= 15 is 0 Å². The average molecular weight is 286 g/mol. The lowest BCUT2D eigenvalue weighted by molar-refractivity contribution is 0.100. The molecule has 21 heavy (non-hydrogen) atoms. The van der Waals surface area contributed by atoms with Crippen LogP contribution in [0.25, 0.3) is 11.0 Å². The lowest BCUT2D eigenvalue weighted by Crippen LogP contribution is -2.43. The molecular weight excluding hydrogens is 264 g/mol. The molecule has 2 aromatic rings. The fourth-order valence-electron chi connectivity index (χ4n) is 3.55. The summed E-state index contributed by atoms with van der Waals surface area (Å²) in [4.78, 5) is 22.1. The molecule has 3 N–H and O–H groups in total. The first-order valence-electron chi connectivity index (χ1n) is 7.49. The number of para-hydroxylation sites is 1. The second kappa shape index (κ2) is 4.84. The number of aromatic nitrogens is 2. The molecule has 0 aliphatic carbocycles. The fraction of sp³-hybridized carbons (Fsp3) is 0.500. The van der Waals surface area contributed by atoms with Gasteiger partial charge in [-0.2, -0.15) is 0 Å². The van der Waals surface area contributed by atoms with Crippen molar-refractivity contribution < 1.29 is 4.79 Å². The number of H-pyrrole nitrogens is 1. The molecule has 0 saturated carbocycles. The minimum Gasteiger partial charge on any atom is -0.366 e. The number of benzene rings is 1. The number of primary amides is 1. The molecular formula is C16H22N4O. The molecule has 1 aromatic heterocycles. The van der Waals surface area contributed by atoms with Gasteiger partial charge in [-0.25, -0.2) is 4.98 Å². The average Bonchev–Trinajstić information content (AvgIpc) is 3.01. The van der Waals surface area contributed by atoms with Crippen molar-refractivity contribution in [1.29, 1.82) is 0 Å². The number of carbonyl (C=O) groups is 1. The minimum absolute atomic E-state index is 0.109. The van der Waals surface area contributed by atoms with Crippen LogP contribution in [0.5, 0.6) is 0 Å². The van der Waals surface area contributed by atoms with Gasteiger partial charge in [-0.1, -0.05) is 6.07 Å². The third kappa shape index (κ3) is 2.12. The van der Waals surface area contributed by atoms with Crippen LogP contribution in [0, 0.1) is 0 Å². The molecule has 1 aliphatic rings. The predicted molar refractivity (Wildman–Crippen MR) is 83.0 cm³/mol. The van der Waals surface area contributed by atoms with Gasteiger partial charge in [0.2, 0.25) is 0 Å². The topological polar surface area (TPSA) is 75.0 Å². The van der Waals surface area contributed by atoms with Gasteiger partial charge in [0.1, 0.15) is 11.3 Å². The summed E-state index contributed by atoms with van der Waals surface area (Å²) in [5.41, 5.74) is 7.37. The van der Waals surface area contributed by atoms with Crippen LogP contribution in [-0.4, -0.2) is 33.4 Å². The van der Waals surface area contributed by atoms with Gasteiger partial charge in [0, 0.05) is 6.04 Å². The molecule has 0 radical (unpaired) electrons. The molecule has 1 amide bonds. The van der Waals surface area contributed by atoms with E-state index in [0.29, 0.717) is 17.1 Å². The number of rotatable bonds is 3. The second-order valence-electron chi connectivity index (χ2n) is 6.32. The van der Waals surface area contributed by atoms with Crippen molar-refractivity contribution in [2.75, 3.05) is 6.54 Å². The molecule has 0 spiro atoms. The van der Waals surface area contributed by atoms with Crippen LogP contribution in [0.2, 0.25) is 0 Å². The molecule has 1 saturated heterocycles. The van der Waals surface area contributed by atoms with E-state index in [4.69, 9.17) is 10.7 Å². The maximum atomic E-state index is 11.6. The van der Waals surface area contributed by atoms with E-state index in [1.807, 2.05) is 12.1 Å². The monoisotopic (exact) mass is 286 g/mol. The summed E-state index contributed by atoms with van der Waals surface area (Å²) < 4.78 is 0. The van der Waals surface area contributed by atoms with E-state index in [2.05, 4.69) is 30.7 Å². The highest BCUT2D eigenvalue weighted by Crippen LogP contribution is 2.39. The summed E-state index contributed by atoms with van der Waals surface area (Å²) in [6.07, 6.45) is 2.23. The van der Waals surface area contributed by atoms with Crippen LogP contribution in [-0.2, 0) is 5.54 Å². The van der Waals surface area contributed by atoms with Gasteiger partial charge in [-0.05, 0) is 52.3 Å². The van der Waals surface area contributed by atoms with Crippen LogP contribution < -0.4 is 5.73 Å². The van der Waals surface area contributed by atoms with Gasteiger partial charge < -0.3 is 10.7 Å². The van der Waals surface area contributed by atoms with E-state index < -0.39 is 5.91 Å². The molecule has 1 atom stereocenters. The summed E-state index contributed by atoms with van der Waals surface area (Å²) in [6.45, 7) is 7.72. The van der Waals surface area contributed by atoms with E-state index in [1.54, 1.807) is 6.07 Å². The zero-order chi connectivity index (χ0) is 15.2. The number of likely N-dealkylation sites (tertiary alicyclic amines) is 1. The number of nitrogens with zero attached hydrogens (tertiary/aromatic N) is 2. The first kappa shape index (κ1) is 14.1. The van der Waals surface area contributed by atoms with Crippen LogP contribution in [0.1, 0.15) is 49.8 Å². The maximum Gasteiger partial charge on any atom is 0.250 e. The largest absolute Gasteiger partial charge is 0.366 e. The quantitative estimate of drug-likeness (QED) is 0.909. The van der Waals surface area contributed by atoms with Crippen molar-refractivity contribution in [3.05, 3.63) is 29.6 Å². The minimum atomic E-state index is -0.434. The summed E-state index contributed by atoms with van der Waals surface area (Å²) in [7, 11) is 0. The third-order valence-electron chi connectivity index (χ3n) is 4.61. The fourth-order valence-corrected chi connectivity index (χ4v) is 3.55. The Bertz CT molecular complexity index is 691. The Balaban J connectivity index is 2.13. The molecule has 1 aliphatic heterocycles. The van der Waals surface area contributed by atoms with Crippen LogP contribution >= 0.6 is 0 Å². The zero-order valence-electron chi connectivity index (χ0n) is 12.8. The van der Waals surface area contributed by atoms with Crippen molar-refractivity contribution in [1.82, 2.24) is 14.9 Å². The zero-order valence-corrected chi connectivity index (χ0v) is 12.8. The van der Waals surface area contributed by atoms with Crippen molar-refractivity contribution in [2.24, 2.45) is 5.73 Å². The Morgan fingerprint density at radius 1 is 1.48 bits per heavy atom. The Morgan fingerprint density at radius 2 is 2.24 bits per heavy atom. The molecule has 0 bridgehead atoms. The van der Waals surface area contributed by atoms with Crippen molar-refractivity contribution >= 4 is 16.9 Å². The Kier molecular flexibility index (Phi) is 3.24. The van der Waals surface area contributed by atoms with Gasteiger partial charge in [-0.3, -0.25) is 9.69 Å². The highest BCUT2D eigenvalue weighted by Gasteiger charge is 2.41. The van der Waals surface area contributed by atoms with E-state index in [9.17, 15) is 4.79 Å². The van der Waals surface area contributed by atoms with E-state index in [1.165, 1.54) is 0 Å². The standard InChI is InChI=1S/C16H22N4O/c1-10(2)20-9-5-8-16(20,3)15-18-12-7-4-6-11(14(17)21)13(12)19-15/h4,6-7,10H,5,8-9H2,1-3H3,(H2,17,21)(H,18,19). The first-order valence-corrected chi connectivity index (χ1v) is 7.49. The van der Waals surface area contributed by atoms with Crippen LogP contribution in [0.15, 0.2) is 18.2 Å². The summed E-state index contributed by atoms with van der Waals surface area (Å²) >= 11 is 0. The van der Waals surface area contributed by atoms with Crippen LogP contribution in [0.4, 0.5) is 0 Å². The van der Waals surface area contributed by atoms with Crippen molar-refractivity contribution in [3.8, 4) is 0 Å². The number of hydrogen-bond donors (Lipinski definition) is 2. The molecule has 1 unspecified atom stereocenters. The van der Waals surface area contributed by atoms with Crippen molar-refractivity contribution in [3.63, 3.8) is 0 Å². The Morgan fingerprint density at radius 3 is 2.90 bits per heavy atom. The number of nitrogens with two attached hydrogens (primary N) is 1.